The first-order valence-corrected chi connectivity index (χ1v) is 9.46. The van der Waals surface area contributed by atoms with Gasteiger partial charge in [0.05, 0.1) is 34.9 Å². The van der Waals surface area contributed by atoms with Crippen LogP contribution in [0.15, 0.2) is 40.2 Å². The number of nitrogens with one attached hydrogen (secondary N) is 1. The third kappa shape index (κ3) is 4.24. The molecule has 2 aromatic carbocycles. The second-order valence-corrected chi connectivity index (χ2v) is 7.43. The molecule has 1 fully saturated rings. The number of carbonyl (C=O) groups excluding carboxylic acids is 1. The van der Waals surface area contributed by atoms with Crippen molar-refractivity contribution in [3.8, 4) is 11.5 Å². The third-order valence-corrected chi connectivity index (χ3v) is 5.58. The van der Waals surface area contributed by atoms with E-state index in [1.165, 1.54) is 11.8 Å². The number of benzene rings is 2. The number of nitrogens with zero attached hydrogens (tertiary/aromatic N) is 1. The quantitative estimate of drug-likeness (QED) is 0.686. The molecule has 1 saturated heterocycles. The average molecular weight is 423 g/mol. The number of halogens is 2. The smallest absolute Gasteiger partial charge is 0.264 e. The van der Waals surface area contributed by atoms with Gasteiger partial charge >= 0.3 is 0 Å². The lowest BCUT2D eigenvalue weighted by atomic mass is 10.1. The van der Waals surface area contributed by atoms with E-state index in [2.05, 4.69) is 10.3 Å². The van der Waals surface area contributed by atoms with E-state index in [0.29, 0.717) is 37.3 Å². The average Bonchev–Trinajstić information content (AvgIpc) is 2.99. The number of hydrogen-bond acceptors (Lipinski definition) is 5. The SMILES string of the molecule is COc1cc(C)c(/C=C2\SC(=Nc3cccc(Cl)c3Cl)NC2=O)cc1OC. The van der Waals surface area contributed by atoms with Crippen LogP contribution >= 0.6 is 35.0 Å². The summed E-state index contributed by atoms with van der Waals surface area (Å²) in [4.78, 5) is 17.2. The highest BCUT2D eigenvalue weighted by Crippen LogP contribution is 2.36. The zero-order chi connectivity index (χ0) is 19.6. The maximum Gasteiger partial charge on any atom is 0.264 e. The summed E-state index contributed by atoms with van der Waals surface area (Å²) in [6.45, 7) is 1.94. The summed E-state index contributed by atoms with van der Waals surface area (Å²) in [5.41, 5.74) is 2.31. The van der Waals surface area contributed by atoms with E-state index in [-0.39, 0.29) is 5.91 Å². The van der Waals surface area contributed by atoms with E-state index in [1.54, 1.807) is 38.5 Å². The van der Waals surface area contributed by atoms with Crippen molar-refractivity contribution in [2.75, 3.05) is 14.2 Å². The number of thioether (sulfide) groups is 1. The van der Waals surface area contributed by atoms with Gasteiger partial charge in [0.15, 0.2) is 16.7 Å². The minimum Gasteiger partial charge on any atom is -0.493 e. The zero-order valence-electron chi connectivity index (χ0n) is 14.8. The molecular weight excluding hydrogens is 407 g/mol. The number of carbonyl (C=O) groups is 1. The number of aliphatic imine (C=N–C) groups is 1. The topological polar surface area (TPSA) is 59.9 Å². The van der Waals surface area contributed by atoms with Crippen molar-refractivity contribution in [2.45, 2.75) is 6.92 Å². The molecule has 1 amide bonds. The normalized spacial score (nSPS) is 16.7. The van der Waals surface area contributed by atoms with Gasteiger partial charge in [-0.25, -0.2) is 4.99 Å². The Balaban J connectivity index is 1.92. The first-order chi connectivity index (χ1) is 12.9. The fourth-order valence-electron chi connectivity index (χ4n) is 2.46. The summed E-state index contributed by atoms with van der Waals surface area (Å²) < 4.78 is 10.6. The van der Waals surface area contributed by atoms with Crippen LogP contribution in [0.25, 0.3) is 6.08 Å². The molecule has 0 saturated carbocycles. The first kappa shape index (κ1) is 19.6. The summed E-state index contributed by atoms with van der Waals surface area (Å²) >= 11 is 13.4. The van der Waals surface area contributed by atoms with E-state index in [9.17, 15) is 4.79 Å². The summed E-state index contributed by atoms with van der Waals surface area (Å²) in [7, 11) is 3.15. The minimum atomic E-state index is -0.230. The van der Waals surface area contributed by atoms with E-state index in [0.717, 1.165) is 11.1 Å². The standard InChI is InChI=1S/C19H16Cl2N2O3S/c1-10-7-14(25-2)15(26-3)8-11(10)9-16-18(24)23-19(27-16)22-13-6-4-5-12(20)17(13)21/h4-9H,1-3H3,(H,22,23,24)/b16-9-. The van der Waals surface area contributed by atoms with Crippen LogP contribution in [0, 0.1) is 6.92 Å². The molecule has 1 heterocycles. The van der Waals surface area contributed by atoms with Gasteiger partial charge in [0.2, 0.25) is 0 Å². The Kier molecular flexibility index (Phi) is 5.99. The van der Waals surface area contributed by atoms with Crippen LogP contribution in [0.5, 0.6) is 11.5 Å². The van der Waals surface area contributed by atoms with Gasteiger partial charge in [-0.3, -0.25) is 4.79 Å². The molecule has 3 rings (SSSR count). The van der Waals surface area contributed by atoms with Crippen LogP contribution in [0.3, 0.4) is 0 Å². The van der Waals surface area contributed by atoms with Crippen molar-refractivity contribution in [2.24, 2.45) is 4.99 Å². The second kappa shape index (κ2) is 8.25. The molecule has 0 bridgehead atoms. The number of amides is 1. The molecule has 140 valence electrons. The molecule has 0 radical (unpaired) electrons. The van der Waals surface area contributed by atoms with Crippen LogP contribution < -0.4 is 14.8 Å². The molecule has 8 heteroatoms. The van der Waals surface area contributed by atoms with Crippen molar-refractivity contribution in [1.82, 2.24) is 5.32 Å². The summed E-state index contributed by atoms with van der Waals surface area (Å²) in [5, 5.41) is 3.93. The van der Waals surface area contributed by atoms with Crippen LogP contribution in [0.2, 0.25) is 10.0 Å². The van der Waals surface area contributed by atoms with Crippen molar-refractivity contribution in [3.63, 3.8) is 0 Å². The first-order valence-electron chi connectivity index (χ1n) is 7.89. The van der Waals surface area contributed by atoms with Crippen molar-refractivity contribution in [1.29, 1.82) is 0 Å². The van der Waals surface area contributed by atoms with Gasteiger partial charge in [0, 0.05) is 0 Å². The number of rotatable bonds is 4. The van der Waals surface area contributed by atoms with Crippen molar-refractivity contribution in [3.05, 3.63) is 56.4 Å². The number of aryl methyl sites for hydroxylation is 1. The third-order valence-electron chi connectivity index (χ3n) is 3.86. The number of ether oxygens (including phenoxy) is 2. The lowest BCUT2D eigenvalue weighted by Crippen LogP contribution is -2.19. The van der Waals surface area contributed by atoms with Crippen LogP contribution in [0.4, 0.5) is 5.69 Å². The molecule has 2 aromatic rings. The fraction of sp³-hybridized carbons (Fsp3) is 0.158. The Hall–Kier alpha value is -2.15. The molecule has 1 aliphatic heterocycles. The Morgan fingerprint density at radius 1 is 1.15 bits per heavy atom. The molecule has 1 aliphatic rings. The molecule has 0 aliphatic carbocycles. The van der Waals surface area contributed by atoms with Gasteiger partial charge in [0.1, 0.15) is 0 Å². The monoisotopic (exact) mass is 422 g/mol. The van der Waals surface area contributed by atoms with Crippen molar-refractivity contribution < 1.29 is 14.3 Å². The van der Waals surface area contributed by atoms with E-state index in [4.69, 9.17) is 32.7 Å². The number of hydrogen-bond donors (Lipinski definition) is 1. The highest BCUT2D eigenvalue weighted by molar-refractivity contribution is 8.18. The molecule has 5 nitrogen and oxygen atoms in total. The summed E-state index contributed by atoms with van der Waals surface area (Å²) in [6, 6.07) is 8.85. The van der Waals surface area contributed by atoms with Crippen LogP contribution in [-0.4, -0.2) is 25.3 Å². The van der Waals surface area contributed by atoms with Gasteiger partial charge in [0.25, 0.3) is 5.91 Å². The van der Waals surface area contributed by atoms with Gasteiger partial charge < -0.3 is 14.8 Å². The molecule has 0 unspecified atom stereocenters. The zero-order valence-corrected chi connectivity index (χ0v) is 17.1. The molecule has 27 heavy (non-hydrogen) atoms. The Bertz CT molecular complexity index is 974. The molecule has 0 spiro atoms. The van der Waals surface area contributed by atoms with E-state index < -0.39 is 0 Å². The van der Waals surface area contributed by atoms with Gasteiger partial charge in [-0.2, -0.15) is 0 Å². The Morgan fingerprint density at radius 3 is 2.56 bits per heavy atom. The Morgan fingerprint density at radius 2 is 1.85 bits per heavy atom. The molecule has 1 N–H and O–H groups in total. The van der Waals surface area contributed by atoms with Gasteiger partial charge in [-0.1, -0.05) is 29.3 Å². The highest BCUT2D eigenvalue weighted by Gasteiger charge is 2.24. The van der Waals surface area contributed by atoms with Gasteiger partial charge in [-0.05, 0) is 60.2 Å². The summed E-state index contributed by atoms with van der Waals surface area (Å²) in [5.74, 6) is 1.00. The highest BCUT2D eigenvalue weighted by atomic mass is 35.5. The van der Waals surface area contributed by atoms with Crippen molar-refractivity contribution >= 4 is 57.8 Å². The molecule has 0 aromatic heterocycles. The number of methoxy groups -OCH3 is 2. The lowest BCUT2D eigenvalue weighted by molar-refractivity contribution is -0.115. The van der Waals surface area contributed by atoms with E-state index >= 15 is 0 Å². The lowest BCUT2D eigenvalue weighted by Gasteiger charge is -2.10. The van der Waals surface area contributed by atoms with E-state index in [1.807, 2.05) is 19.1 Å². The van der Waals surface area contributed by atoms with Gasteiger partial charge in [-0.15, -0.1) is 0 Å². The summed E-state index contributed by atoms with van der Waals surface area (Å²) in [6.07, 6.45) is 1.79. The maximum absolute atomic E-state index is 12.3. The van der Waals surface area contributed by atoms with Crippen LogP contribution in [0.1, 0.15) is 11.1 Å². The second-order valence-electron chi connectivity index (χ2n) is 5.62. The largest absolute Gasteiger partial charge is 0.493 e. The predicted molar refractivity (Wildman–Crippen MR) is 112 cm³/mol. The minimum absolute atomic E-state index is 0.230. The predicted octanol–water partition coefficient (Wildman–Crippen LogP) is 5.21. The molecule has 0 atom stereocenters. The van der Waals surface area contributed by atoms with Crippen LogP contribution in [-0.2, 0) is 4.79 Å². The Labute approximate surface area is 171 Å². The maximum atomic E-state index is 12.3. The molecular formula is C19H16Cl2N2O3S. The fourth-order valence-corrected chi connectivity index (χ4v) is 3.63. The number of amidine groups is 1.